The fourth-order valence-corrected chi connectivity index (χ4v) is 3.39. The van der Waals surface area contributed by atoms with Crippen LogP contribution in [0.1, 0.15) is 0 Å². The smallest absolute Gasteiger partial charge is 0.282 e. The van der Waals surface area contributed by atoms with Gasteiger partial charge >= 0.3 is 0 Å². The Bertz CT molecular complexity index is 707. The Morgan fingerprint density at radius 2 is 1.74 bits per heavy atom. The van der Waals surface area contributed by atoms with Crippen LogP contribution in [0.5, 0.6) is 0 Å². The molecule has 1 aromatic carbocycles. The highest BCUT2D eigenvalue weighted by molar-refractivity contribution is 7.92. The maximum absolute atomic E-state index is 12.1. The Morgan fingerprint density at radius 3 is 2.21 bits per heavy atom. The number of hydrogen-bond acceptors (Lipinski definition) is 3. The molecule has 0 saturated heterocycles. The van der Waals surface area contributed by atoms with E-state index in [9.17, 15) is 8.42 Å². The van der Waals surface area contributed by atoms with E-state index in [4.69, 9.17) is 34.8 Å². The molecule has 1 N–H and O–H groups in total. The Labute approximate surface area is 125 Å². The van der Waals surface area contributed by atoms with Crippen LogP contribution in [0.15, 0.2) is 29.6 Å². The van der Waals surface area contributed by atoms with Crippen LogP contribution in [0.2, 0.25) is 15.2 Å². The van der Waals surface area contributed by atoms with Crippen molar-refractivity contribution in [2.45, 2.75) is 5.03 Å². The number of benzene rings is 1. The number of nitrogens with one attached hydrogen (secondary N) is 1. The molecule has 0 amide bonds. The number of anilines is 1. The van der Waals surface area contributed by atoms with Crippen molar-refractivity contribution in [3.8, 4) is 0 Å². The maximum atomic E-state index is 12.1. The molecule has 19 heavy (non-hydrogen) atoms. The predicted octanol–water partition coefficient (Wildman–Crippen LogP) is 3.18. The Kier molecular flexibility index (Phi) is 3.96. The highest BCUT2D eigenvalue weighted by Gasteiger charge is 2.22. The van der Waals surface area contributed by atoms with Crippen LogP contribution in [-0.4, -0.2) is 18.0 Å². The third-order valence-corrected chi connectivity index (χ3v) is 4.51. The second-order valence-electron chi connectivity index (χ2n) is 3.72. The average Bonchev–Trinajstić information content (AvgIpc) is 2.57. The van der Waals surface area contributed by atoms with Crippen molar-refractivity contribution in [1.82, 2.24) is 9.55 Å². The van der Waals surface area contributed by atoms with Crippen molar-refractivity contribution in [1.29, 1.82) is 0 Å². The minimum absolute atomic E-state index is 0.0145. The molecule has 0 atom stereocenters. The second kappa shape index (κ2) is 5.20. The van der Waals surface area contributed by atoms with Gasteiger partial charge in [-0.05, 0) is 18.2 Å². The molecule has 1 heterocycles. The van der Waals surface area contributed by atoms with E-state index >= 15 is 0 Å². The normalized spacial score (nSPS) is 11.6. The summed E-state index contributed by atoms with van der Waals surface area (Å²) in [4.78, 5) is 3.74. The van der Waals surface area contributed by atoms with Crippen LogP contribution in [-0.2, 0) is 17.1 Å². The van der Waals surface area contributed by atoms with E-state index in [2.05, 4.69) is 9.71 Å². The van der Waals surface area contributed by atoms with Gasteiger partial charge in [0.15, 0.2) is 0 Å². The number of rotatable bonds is 3. The lowest BCUT2D eigenvalue weighted by Gasteiger charge is -2.07. The van der Waals surface area contributed by atoms with E-state index in [0.717, 1.165) is 0 Å². The molecule has 0 aliphatic heterocycles. The van der Waals surface area contributed by atoms with Crippen LogP contribution in [0, 0.1) is 0 Å². The molecule has 1 aromatic heterocycles. The summed E-state index contributed by atoms with van der Waals surface area (Å²) in [6, 6.07) is 4.36. The summed E-state index contributed by atoms with van der Waals surface area (Å²) in [6.45, 7) is 0. The van der Waals surface area contributed by atoms with Crippen LogP contribution in [0.3, 0.4) is 0 Å². The van der Waals surface area contributed by atoms with Crippen molar-refractivity contribution in [2.24, 2.45) is 7.05 Å². The standard InChI is InChI=1S/C10H8Cl3N3O2S/c1-16-5-14-10(9(16)13)19(17,18)15-8-3-6(11)2-7(12)4-8/h2-5,15H,1H3. The molecule has 0 unspecified atom stereocenters. The van der Waals surface area contributed by atoms with Crippen LogP contribution < -0.4 is 4.72 Å². The van der Waals surface area contributed by atoms with E-state index < -0.39 is 10.0 Å². The number of aryl methyl sites for hydroxylation is 1. The van der Waals surface area contributed by atoms with Gasteiger partial charge in [0, 0.05) is 17.1 Å². The molecular weight excluding hydrogens is 333 g/mol. The van der Waals surface area contributed by atoms with E-state index in [1.807, 2.05) is 0 Å². The molecule has 0 aliphatic rings. The van der Waals surface area contributed by atoms with Crippen molar-refractivity contribution in [3.05, 3.63) is 39.7 Å². The summed E-state index contributed by atoms with van der Waals surface area (Å²) >= 11 is 17.4. The van der Waals surface area contributed by atoms with Gasteiger partial charge in [-0.2, -0.15) is 8.42 Å². The molecule has 2 rings (SSSR count). The predicted molar refractivity (Wildman–Crippen MR) is 75.5 cm³/mol. The third kappa shape index (κ3) is 3.14. The summed E-state index contributed by atoms with van der Waals surface area (Å²) in [5.41, 5.74) is 0.235. The lowest BCUT2D eigenvalue weighted by molar-refractivity contribution is 0.598. The van der Waals surface area contributed by atoms with Gasteiger partial charge in [0.05, 0.1) is 12.0 Å². The molecule has 102 valence electrons. The average molecular weight is 341 g/mol. The summed E-state index contributed by atoms with van der Waals surface area (Å²) in [6.07, 6.45) is 1.31. The van der Waals surface area contributed by atoms with Gasteiger partial charge < -0.3 is 4.57 Å². The maximum Gasteiger partial charge on any atom is 0.282 e. The summed E-state index contributed by atoms with van der Waals surface area (Å²) in [5.74, 6) is 0. The van der Waals surface area contributed by atoms with Crippen LogP contribution >= 0.6 is 34.8 Å². The Morgan fingerprint density at radius 1 is 1.16 bits per heavy atom. The zero-order chi connectivity index (χ0) is 14.2. The van der Waals surface area contributed by atoms with E-state index in [0.29, 0.717) is 10.0 Å². The monoisotopic (exact) mass is 339 g/mol. The molecule has 0 fully saturated rings. The van der Waals surface area contributed by atoms with E-state index in [-0.39, 0.29) is 15.9 Å². The summed E-state index contributed by atoms with van der Waals surface area (Å²) in [7, 11) is -2.30. The molecule has 0 spiro atoms. The highest BCUT2D eigenvalue weighted by atomic mass is 35.5. The number of sulfonamides is 1. The minimum atomic E-state index is -3.89. The van der Waals surface area contributed by atoms with Gasteiger partial charge in [-0.1, -0.05) is 34.8 Å². The minimum Gasteiger partial charge on any atom is -0.324 e. The number of halogens is 3. The molecule has 9 heteroatoms. The Balaban J connectivity index is 2.39. The van der Waals surface area contributed by atoms with Crippen LogP contribution in [0.4, 0.5) is 5.69 Å². The van der Waals surface area contributed by atoms with Crippen molar-refractivity contribution in [3.63, 3.8) is 0 Å². The van der Waals surface area contributed by atoms with Gasteiger partial charge in [-0.3, -0.25) is 4.72 Å². The zero-order valence-electron chi connectivity index (χ0n) is 9.56. The number of hydrogen-bond donors (Lipinski definition) is 1. The van der Waals surface area contributed by atoms with Crippen molar-refractivity contribution in [2.75, 3.05) is 4.72 Å². The van der Waals surface area contributed by atoms with E-state index in [1.54, 1.807) is 7.05 Å². The number of aromatic nitrogens is 2. The summed E-state index contributed by atoms with van der Waals surface area (Å²) in [5, 5.41) is 0.392. The lowest BCUT2D eigenvalue weighted by atomic mass is 10.3. The lowest BCUT2D eigenvalue weighted by Crippen LogP contribution is -2.14. The summed E-state index contributed by atoms with van der Waals surface area (Å²) < 4.78 is 27.9. The molecule has 0 aliphatic carbocycles. The van der Waals surface area contributed by atoms with Crippen molar-refractivity contribution >= 4 is 50.5 Å². The third-order valence-electron chi connectivity index (χ3n) is 2.20. The van der Waals surface area contributed by atoms with Gasteiger partial charge in [0.25, 0.3) is 10.0 Å². The molecule has 0 bridgehead atoms. The first kappa shape index (κ1) is 14.5. The second-order valence-corrected chi connectivity index (χ2v) is 6.54. The van der Waals surface area contributed by atoms with Gasteiger partial charge in [-0.25, -0.2) is 4.98 Å². The van der Waals surface area contributed by atoms with Crippen LogP contribution in [0.25, 0.3) is 0 Å². The first-order valence-electron chi connectivity index (χ1n) is 4.95. The molecule has 0 saturated carbocycles. The topological polar surface area (TPSA) is 64.0 Å². The molecule has 2 aromatic rings. The quantitative estimate of drug-likeness (QED) is 0.933. The van der Waals surface area contributed by atoms with Gasteiger partial charge in [0.2, 0.25) is 5.03 Å². The number of nitrogens with zero attached hydrogens (tertiary/aromatic N) is 2. The molecule has 0 radical (unpaired) electrons. The zero-order valence-corrected chi connectivity index (χ0v) is 12.6. The SMILES string of the molecule is Cn1cnc(S(=O)(=O)Nc2cc(Cl)cc(Cl)c2)c1Cl. The highest BCUT2D eigenvalue weighted by Crippen LogP contribution is 2.26. The fraction of sp³-hybridized carbons (Fsp3) is 0.100. The Hall–Kier alpha value is -0.950. The molecule has 5 nitrogen and oxygen atoms in total. The van der Waals surface area contributed by atoms with Crippen molar-refractivity contribution < 1.29 is 8.42 Å². The molecular formula is C10H8Cl3N3O2S. The fourth-order valence-electron chi connectivity index (χ4n) is 1.39. The van der Waals surface area contributed by atoms with Gasteiger partial charge in [-0.15, -0.1) is 0 Å². The first-order valence-corrected chi connectivity index (χ1v) is 7.57. The number of imidazole rings is 1. The van der Waals surface area contributed by atoms with Gasteiger partial charge in [0.1, 0.15) is 5.15 Å². The van der Waals surface area contributed by atoms with E-state index in [1.165, 1.54) is 29.1 Å². The first-order chi connectivity index (χ1) is 8.79. The largest absolute Gasteiger partial charge is 0.324 e.